The molecule has 1 aliphatic heterocycles. The normalized spacial score (nSPS) is 16.6. The van der Waals surface area contributed by atoms with Gasteiger partial charge in [0.15, 0.2) is 5.69 Å². The van der Waals surface area contributed by atoms with E-state index in [9.17, 15) is 27.6 Å². The zero-order valence-corrected chi connectivity index (χ0v) is 19.0. The Bertz CT molecular complexity index is 1060. The van der Waals surface area contributed by atoms with Gasteiger partial charge in [0.1, 0.15) is 0 Å². The fourth-order valence-corrected chi connectivity index (χ4v) is 3.91. The molecule has 0 spiro atoms. The van der Waals surface area contributed by atoms with Crippen LogP contribution in [0.3, 0.4) is 0 Å². The topological polar surface area (TPSA) is 108 Å². The third-order valence-electron chi connectivity index (χ3n) is 6.01. The van der Waals surface area contributed by atoms with Crippen LogP contribution >= 0.6 is 0 Å². The van der Waals surface area contributed by atoms with E-state index in [-0.39, 0.29) is 37.0 Å². The number of carbonyl (C=O) groups is 3. The number of amides is 4. The maximum absolute atomic E-state index is 13.4. The molecule has 3 N–H and O–H groups in total. The van der Waals surface area contributed by atoms with Crippen molar-refractivity contribution in [2.24, 2.45) is 5.92 Å². The number of rotatable bonds is 7. The molecule has 35 heavy (non-hydrogen) atoms. The molecule has 4 amide bonds. The first-order valence-corrected chi connectivity index (χ1v) is 11.6. The number of piperidine rings is 1. The van der Waals surface area contributed by atoms with Crippen LogP contribution in [0.15, 0.2) is 36.5 Å². The van der Waals surface area contributed by atoms with E-state index < -0.39 is 23.3 Å². The van der Waals surface area contributed by atoms with Gasteiger partial charge in [-0.2, -0.15) is 18.3 Å². The van der Waals surface area contributed by atoms with Crippen LogP contribution < -0.4 is 16.0 Å². The Labute approximate surface area is 200 Å². The maximum Gasteiger partial charge on any atom is 0.435 e. The Balaban J connectivity index is 1.24. The van der Waals surface area contributed by atoms with Gasteiger partial charge in [0.25, 0.3) is 5.91 Å². The minimum absolute atomic E-state index is 0.0493. The van der Waals surface area contributed by atoms with E-state index in [0.29, 0.717) is 31.6 Å². The number of urea groups is 1. The highest BCUT2D eigenvalue weighted by molar-refractivity contribution is 5.95. The van der Waals surface area contributed by atoms with Gasteiger partial charge in [0.2, 0.25) is 5.91 Å². The second kappa shape index (κ2) is 10.4. The molecular weight excluding hydrogens is 465 g/mol. The molecule has 1 aliphatic carbocycles. The molecule has 1 aromatic heterocycles. The molecule has 2 aliphatic rings. The fraction of sp³-hybridized carbons (Fsp3) is 0.478. The zero-order valence-electron chi connectivity index (χ0n) is 19.0. The standard InChI is InChI=1S/C23H27F3N6O3/c24-23(25,26)19-18(14-32(30-19)17-4-2-1-3-5-17)21(34)27-10-11-28-22(35)31-12-8-16(9-13-31)29-20(33)15-6-7-15/h1-5,14-16H,6-13H2,(H,27,34)(H,28,35)(H,29,33). The van der Waals surface area contributed by atoms with E-state index in [0.717, 1.165) is 23.7 Å². The molecular formula is C23H27F3N6O3. The van der Waals surface area contributed by atoms with E-state index in [1.165, 1.54) is 0 Å². The van der Waals surface area contributed by atoms with Crippen LogP contribution in [0, 0.1) is 5.92 Å². The molecule has 0 bridgehead atoms. The molecule has 0 radical (unpaired) electrons. The Morgan fingerprint density at radius 2 is 1.63 bits per heavy atom. The molecule has 0 unspecified atom stereocenters. The van der Waals surface area contributed by atoms with Crippen LogP contribution in [-0.4, -0.2) is 64.7 Å². The molecule has 2 aromatic rings. The number of likely N-dealkylation sites (tertiary alicyclic amines) is 1. The quantitative estimate of drug-likeness (QED) is 0.516. The van der Waals surface area contributed by atoms with Gasteiger partial charge in [0.05, 0.1) is 11.3 Å². The lowest BCUT2D eigenvalue weighted by Gasteiger charge is -2.32. The molecule has 2 heterocycles. The Kier molecular flexibility index (Phi) is 7.27. The summed E-state index contributed by atoms with van der Waals surface area (Å²) in [7, 11) is 0. The van der Waals surface area contributed by atoms with E-state index in [4.69, 9.17) is 0 Å². The number of para-hydroxylation sites is 1. The Morgan fingerprint density at radius 1 is 0.971 bits per heavy atom. The molecule has 4 rings (SSSR count). The highest BCUT2D eigenvalue weighted by Gasteiger charge is 2.39. The van der Waals surface area contributed by atoms with Crippen molar-refractivity contribution < 1.29 is 27.6 Å². The van der Waals surface area contributed by atoms with Crippen LogP contribution in [0.2, 0.25) is 0 Å². The number of hydrogen-bond acceptors (Lipinski definition) is 4. The van der Waals surface area contributed by atoms with Gasteiger partial charge in [-0.25, -0.2) is 9.48 Å². The van der Waals surface area contributed by atoms with Crippen LogP contribution in [0.4, 0.5) is 18.0 Å². The number of nitrogens with zero attached hydrogens (tertiary/aromatic N) is 3. The number of nitrogens with one attached hydrogen (secondary N) is 3. The van der Waals surface area contributed by atoms with Crippen LogP contribution in [-0.2, 0) is 11.0 Å². The van der Waals surface area contributed by atoms with Crippen molar-refractivity contribution in [1.29, 1.82) is 0 Å². The number of carbonyl (C=O) groups excluding carboxylic acids is 3. The van der Waals surface area contributed by atoms with Crippen LogP contribution in [0.25, 0.3) is 5.69 Å². The summed E-state index contributed by atoms with van der Waals surface area (Å²) in [6.07, 6.45) is -0.557. The molecule has 1 aromatic carbocycles. The predicted molar refractivity (Wildman–Crippen MR) is 120 cm³/mol. The third kappa shape index (κ3) is 6.31. The fourth-order valence-electron chi connectivity index (χ4n) is 3.91. The second-order valence-electron chi connectivity index (χ2n) is 8.70. The summed E-state index contributed by atoms with van der Waals surface area (Å²) in [5, 5.41) is 11.6. The average molecular weight is 493 g/mol. The first-order valence-electron chi connectivity index (χ1n) is 11.6. The Morgan fingerprint density at radius 3 is 2.26 bits per heavy atom. The van der Waals surface area contributed by atoms with Crippen molar-refractivity contribution in [1.82, 2.24) is 30.6 Å². The van der Waals surface area contributed by atoms with E-state index in [1.54, 1.807) is 35.2 Å². The lowest BCUT2D eigenvalue weighted by atomic mass is 10.1. The third-order valence-corrected chi connectivity index (χ3v) is 6.01. The molecule has 188 valence electrons. The van der Waals surface area contributed by atoms with Gasteiger partial charge in [-0.1, -0.05) is 18.2 Å². The van der Waals surface area contributed by atoms with Gasteiger partial charge >= 0.3 is 12.2 Å². The first-order chi connectivity index (χ1) is 16.7. The van der Waals surface area contributed by atoms with E-state index in [1.807, 2.05) is 0 Å². The van der Waals surface area contributed by atoms with Crippen LogP contribution in [0.1, 0.15) is 41.7 Å². The first kappa shape index (κ1) is 24.6. The molecule has 0 atom stereocenters. The summed E-state index contributed by atoms with van der Waals surface area (Å²) in [6.45, 7) is 0.978. The summed E-state index contributed by atoms with van der Waals surface area (Å²) in [5.41, 5.74) is -1.48. The monoisotopic (exact) mass is 492 g/mol. The molecule has 12 heteroatoms. The molecule has 1 saturated heterocycles. The summed E-state index contributed by atoms with van der Waals surface area (Å²) in [4.78, 5) is 38.3. The lowest BCUT2D eigenvalue weighted by Crippen LogP contribution is -2.50. The van der Waals surface area contributed by atoms with Crippen LogP contribution in [0.5, 0.6) is 0 Å². The average Bonchev–Trinajstić information content (AvgIpc) is 3.59. The van der Waals surface area contributed by atoms with E-state index in [2.05, 4.69) is 21.0 Å². The maximum atomic E-state index is 13.4. The van der Waals surface area contributed by atoms with Crippen molar-refractivity contribution in [2.75, 3.05) is 26.2 Å². The van der Waals surface area contributed by atoms with Crippen molar-refractivity contribution in [3.63, 3.8) is 0 Å². The number of halogens is 3. The second-order valence-corrected chi connectivity index (χ2v) is 8.70. The lowest BCUT2D eigenvalue weighted by molar-refractivity contribution is -0.141. The highest BCUT2D eigenvalue weighted by atomic mass is 19.4. The van der Waals surface area contributed by atoms with Gasteiger partial charge in [0, 0.05) is 44.3 Å². The Hall–Kier alpha value is -3.57. The van der Waals surface area contributed by atoms with Gasteiger partial charge in [-0.3, -0.25) is 9.59 Å². The van der Waals surface area contributed by atoms with Gasteiger partial charge in [-0.05, 0) is 37.8 Å². The SMILES string of the molecule is O=C(NCCNC(=O)N1CCC(NC(=O)C2CC2)CC1)c1cn(-c2ccccc2)nc1C(F)(F)F. The number of alkyl halides is 3. The number of benzene rings is 1. The smallest absolute Gasteiger partial charge is 0.353 e. The minimum atomic E-state index is -4.80. The predicted octanol–water partition coefficient (Wildman–Crippen LogP) is 2.32. The largest absolute Gasteiger partial charge is 0.435 e. The van der Waals surface area contributed by atoms with Gasteiger partial charge in [-0.15, -0.1) is 0 Å². The van der Waals surface area contributed by atoms with E-state index >= 15 is 0 Å². The highest BCUT2D eigenvalue weighted by Crippen LogP contribution is 2.31. The summed E-state index contributed by atoms with van der Waals surface area (Å²) in [6, 6.07) is 7.92. The summed E-state index contributed by atoms with van der Waals surface area (Å²) < 4.78 is 41.3. The number of aromatic nitrogens is 2. The van der Waals surface area contributed by atoms with Crippen molar-refractivity contribution in [2.45, 2.75) is 37.9 Å². The molecule has 9 nitrogen and oxygen atoms in total. The minimum Gasteiger partial charge on any atom is -0.353 e. The van der Waals surface area contributed by atoms with Gasteiger partial charge < -0.3 is 20.9 Å². The molecule has 1 saturated carbocycles. The molecule has 2 fully saturated rings. The summed E-state index contributed by atoms with van der Waals surface area (Å²) >= 11 is 0. The van der Waals surface area contributed by atoms with Crippen molar-refractivity contribution in [3.05, 3.63) is 47.8 Å². The van der Waals surface area contributed by atoms with Crippen molar-refractivity contribution >= 4 is 17.8 Å². The zero-order chi connectivity index (χ0) is 25.0. The number of hydrogen-bond donors (Lipinski definition) is 3. The van der Waals surface area contributed by atoms with Crippen molar-refractivity contribution in [3.8, 4) is 5.69 Å². The summed E-state index contributed by atoms with van der Waals surface area (Å²) in [5.74, 6) is -0.695.